The highest BCUT2D eigenvalue weighted by Crippen LogP contribution is 2.30. The first-order valence-electron chi connectivity index (χ1n) is 10.3. The van der Waals surface area contributed by atoms with Crippen molar-refractivity contribution in [3.05, 3.63) is 96.7 Å². The van der Waals surface area contributed by atoms with Crippen molar-refractivity contribution in [3.8, 4) is 17.0 Å². The van der Waals surface area contributed by atoms with Gasteiger partial charge in [0.2, 0.25) is 12.3 Å². The number of hydrogen-bond acceptors (Lipinski definition) is 5. The molecule has 5 aromatic rings. The van der Waals surface area contributed by atoms with Crippen molar-refractivity contribution >= 4 is 10.9 Å². The Morgan fingerprint density at radius 2 is 1.71 bits per heavy atom. The van der Waals surface area contributed by atoms with E-state index in [1.54, 1.807) is 0 Å². The zero-order valence-electron chi connectivity index (χ0n) is 17.6. The predicted molar refractivity (Wildman–Crippen MR) is 121 cm³/mol. The second-order valence-corrected chi connectivity index (χ2v) is 6.66. The Morgan fingerprint density at radius 1 is 0.903 bits per heavy atom. The van der Waals surface area contributed by atoms with E-state index in [9.17, 15) is 0 Å². The summed E-state index contributed by atoms with van der Waals surface area (Å²) in [6.45, 7) is 4.95. The summed E-state index contributed by atoms with van der Waals surface area (Å²) in [5.41, 5.74) is 4.03. The second kappa shape index (κ2) is 9.71. The summed E-state index contributed by atoms with van der Waals surface area (Å²) in [5, 5.41) is 13.6. The van der Waals surface area contributed by atoms with Crippen LogP contribution in [0.2, 0.25) is 0 Å². The molecule has 0 N–H and O–H groups in total. The van der Waals surface area contributed by atoms with E-state index in [0.717, 1.165) is 33.5 Å². The molecule has 0 spiro atoms. The van der Waals surface area contributed by atoms with Crippen molar-refractivity contribution in [2.75, 3.05) is 0 Å². The van der Waals surface area contributed by atoms with Gasteiger partial charge in [0, 0.05) is 10.9 Å². The Hall–Kier alpha value is -3.93. The van der Waals surface area contributed by atoms with Gasteiger partial charge in [0.15, 0.2) is 0 Å². The Labute approximate surface area is 181 Å². The van der Waals surface area contributed by atoms with Crippen LogP contribution in [0.25, 0.3) is 22.2 Å². The summed E-state index contributed by atoms with van der Waals surface area (Å²) >= 11 is 0. The van der Waals surface area contributed by atoms with E-state index in [-0.39, 0.29) is 0 Å². The van der Waals surface area contributed by atoms with Crippen LogP contribution in [-0.4, -0.2) is 20.0 Å². The average molecular weight is 412 g/mol. The Morgan fingerprint density at radius 3 is 2.52 bits per heavy atom. The van der Waals surface area contributed by atoms with Crippen LogP contribution in [-0.2, 0) is 13.2 Å². The predicted octanol–water partition coefficient (Wildman–Crippen LogP) is 5.74. The van der Waals surface area contributed by atoms with Gasteiger partial charge in [-0.2, -0.15) is 5.10 Å². The lowest BCUT2D eigenvalue weighted by atomic mass is 10.1. The third-order valence-corrected chi connectivity index (χ3v) is 4.70. The molecule has 0 atom stereocenters. The van der Waals surface area contributed by atoms with Gasteiger partial charge in [-0.3, -0.25) is 4.68 Å². The summed E-state index contributed by atoms with van der Waals surface area (Å²) in [4.78, 5) is 0. The second-order valence-electron chi connectivity index (χ2n) is 6.66. The molecule has 0 saturated carbocycles. The van der Waals surface area contributed by atoms with Crippen LogP contribution in [0, 0.1) is 0 Å². The van der Waals surface area contributed by atoms with Crippen LogP contribution in [0.15, 0.2) is 89.7 Å². The Kier molecular flexibility index (Phi) is 6.38. The molecule has 2 aromatic heterocycles. The first-order valence-corrected chi connectivity index (χ1v) is 10.3. The fourth-order valence-corrected chi connectivity index (χ4v) is 3.33. The highest BCUT2D eigenvalue weighted by Gasteiger charge is 2.14. The minimum atomic E-state index is 0.421. The number of aromatic nitrogens is 4. The van der Waals surface area contributed by atoms with Crippen molar-refractivity contribution in [2.24, 2.45) is 0 Å². The maximum Gasteiger partial charge on any atom is 0.237 e. The molecular formula is C25H24N4O2. The fourth-order valence-electron chi connectivity index (χ4n) is 3.33. The molecule has 0 radical (unpaired) electrons. The van der Waals surface area contributed by atoms with Crippen molar-refractivity contribution in [3.63, 3.8) is 0 Å². The molecule has 0 aliphatic heterocycles. The van der Waals surface area contributed by atoms with E-state index < -0.39 is 0 Å². The molecule has 6 heteroatoms. The number of rotatable bonds is 6. The highest BCUT2D eigenvalue weighted by molar-refractivity contribution is 5.93. The third-order valence-electron chi connectivity index (χ3n) is 4.70. The maximum absolute atomic E-state index is 5.99. The number of fused-ring (bicyclic) bond motifs is 1. The Balaban J connectivity index is 0.00000112. The zero-order valence-corrected chi connectivity index (χ0v) is 17.6. The van der Waals surface area contributed by atoms with Gasteiger partial charge in [0.25, 0.3) is 0 Å². The van der Waals surface area contributed by atoms with Gasteiger partial charge in [-0.05, 0) is 23.8 Å². The first kappa shape index (κ1) is 20.3. The van der Waals surface area contributed by atoms with E-state index in [4.69, 9.17) is 14.3 Å². The van der Waals surface area contributed by atoms with E-state index >= 15 is 0 Å². The van der Waals surface area contributed by atoms with Gasteiger partial charge in [0.1, 0.15) is 24.6 Å². The summed E-state index contributed by atoms with van der Waals surface area (Å²) in [6.07, 6.45) is 1.33. The molecule has 3 aromatic carbocycles. The molecule has 0 fully saturated rings. The van der Waals surface area contributed by atoms with Gasteiger partial charge in [-0.25, -0.2) is 0 Å². The maximum atomic E-state index is 5.99. The number of nitrogens with zero attached hydrogens (tertiary/aromatic N) is 4. The van der Waals surface area contributed by atoms with Crippen molar-refractivity contribution in [1.29, 1.82) is 0 Å². The Bertz CT molecular complexity index is 1230. The van der Waals surface area contributed by atoms with Gasteiger partial charge < -0.3 is 9.15 Å². The lowest BCUT2D eigenvalue weighted by molar-refractivity contribution is 0.306. The number of para-hydroxylation sites is 1. The smallest absolute Gasteiger partial charge is 0.237 e. The quantitative estimate of drug-likeness (QED) is 0.356. The first-order chi connectivity index (χ1) is 15.4. The molecule has 0 unspecified atom stereocenters. The zero-order chi connectivity index (χ0) is 21.5. The summed E-state index contributed by atoms with van der Waals surface area (Å²) in [5.74, 6) is 1.33. The molecular weight excluding hydrogens is 388 g/mol. The molecule has 0 saturated heterocycles. The van der Waals surface area contributed by atoms with E-state index in [2.05, 4.69) is 28.4 Å². The number of ether oxygens (including phenoxy) is 1. The molecule has 0 aliphatic carbocycles. The van der Waals surface area contributed by atoms with E-state index in [1.165, 1.54) is 6.39 Å². The van der Waals surface area contributed by atoms with Gasteiger partial charge in [-0.15, -0.1) is 10.2 Å². The molecule has 0 bridgehead atoms. The van der Waals surface area contributed by atoms with Gasteiger partial charge >= 0.3 is 0 Å². The third kappa shape index (κ3) is 4.64. The minimum absolute atomic E-state index is 0.421. The standard InChI is InChI=1S/C23H18N4O2.C2H6/c1-2-7-17(8-3-1)15-28-19-10-6-9-18(13-19)23-20-11-4-5-12-21(20)27(26-23)14-22-25-24-16-29-22;1-2/h1-13,16H,14-15H2;1-2H3. The lowest BCUT2D eigenvalue weighted by Crippen LogP contribution is -2.02. The monoisotopic (exact) mass is 412 g/mol. The molecule has 0 amide bonds. The van der Waals surface area contributed by atoms with Crippen LogP contribution in [0.5, 0.6) is 5.75 Å². The molecule has 31 heavy (non-hydrogen) atoms. The molecule has 6 nitrogen and oxygen atoms in total. The summed E-state index contributed by atoms with van der Waals surface area (Å²) in [6, 6.07) is 26.3. The van der Waals surface area contributed by atoms with Gasteiger partial charge in [0.05, 0.1) is 5.52 Å². The normalized spacial score (nSPS) is 10.5. The van der Waals surface area contributed by atoms with Gasteiger partial charge in [-0.1, -0.05) is 74.5 Å². The largest absolute Gasteiger partial charge is 0.489 e. The van der Waals surface area contributed by atoms with Crippen molar-refractivity contribution < 1.29 is 9.15 Å². The summed E-state index contributed by atoms with van der Waals surface area (Å²) in [7, 11) is 0. The molecule has 5 rings (SSSR count). The number of hydrogen-bond donors (Lipinski definition) is 0. The van der Waals surface area contributed by atoms with Crippen LogP contribution in [0.4, 0.5) is 0 Å². The van der Waals surface area contributed by atoms with Crippen LogP contribution < -0.4 is 4.74 Å². The van der Waals surface area contributed by atoms with Crippen LogP contribution in [0.1, 0.15) is 25.3 Å². The highest BCUT2D eigenvalue weighted by atomic mass is 16.5. The molecule has 2 heterocycles. The topological polar surface area (TPSA) is 66.0 Å². The minimum Gasteiger partial charge on any atom is -0.489 e. The average Bonchev–Trinajstić information content (AvgIpc) is 3.49. The molecule has 156 valence electrons. The lowest BCUT2D eigenvalue weighted by Gasteiger charge is -2.07. The van der Waals surface area contributed by atoms with E-state index in [1.807, 2.05) is 79.2 Å². The SMILES string of the molecule is CC.c1ccc(COc2cccc(-c3nn(Cc4nnco4)c4ccccc34)c2)cc1. The fraction of sp³-hybridized carbons (Fsp3) is 0.160. The molecule has 0 aliphatic rings. The van der Waals surface area contributed by atoms with Crippen molar-refractivity contribution in [1.82, 2.24) is 20.0 Å². The van der Waals surface area contributed by atoms with E-state index in [0.29, 0.717) is 19.0 Å². The summed E-state index contributed by atoms with van der Waals surface area (Å²) < 4.78 is 13.2. The van der Waals surface area contributed by atoms with Crippen molar-refractivity contribution in [2.45, 2.75) is 27.0 Å². The van der Waals surface area contributed by atoms with Crippen LogP contribution in [0.3, 0.4) is 0 Å². The number of benzene rings is 3. The van der Waals surface area contributed by atoms with Crippen LogP contribution >= 0.6 is 0 Å².